The number of carbonyl (C=O) groups is 1. The number of hydrogen-bond donors (Lipinski definition) is 1. The molecule has 0 bridgehead atoms. The fraction of sp³-hybridized carbons (Fsp3) is 0.636. The Morgan fingerprint density at radius 2 is 2.56 bits per heavy atom. The minimum absolute atomic E-state index is 0.224. The van der Waals surface area contributed by atoms with Crippen LogP contribution in [0.1, 0.15) is 17.7 Å². The van der Waals surface area contributed by atoms with E-state index in [0.717, 1.165) is 32.5 Å². The molecule has 0 aliphatic carbocycles. The van der Waals surface area contributed by atoms with Crippen LogP contribution < -0.4 is 5.32 Å². The van der Waals surface area contributed by atoms with Gasteiger partial charge in [-0.15, -0.1) is 11.3 Å². The minimum Gasteiger partial charge on any atom is -0.336 e. The maximum absolute atomic E-state index is 12.1. The summed E-state index contributed by atoms with van der Waals surface area (Å²) >= 11 is 1.62. The molecule has 3 rings (SSSR count). The van der Waals surface area contributed by atoms with Crippen molar-refractivity contribution >= 4 is 17.2 Å². The van der Waals surface area contributed by atoms with Gasteiger partial charge in [-0.1, -0.05) is 0 Å². The SMILES string of the molecule is O=C1C2CCCNC2CN1Cc1cncs1. The van der Waals surface area contributed by atoms with Crippen LogP contribution in [0.4, 0.5) is 0 Å². The van der Waals surface area contributed by atoms with Crippen molar-refractivity contribution in [1.82, 2.24) is 15.2 Å². The van der Waals surface area contributed by atoms with Crippen molar-refractivity contribution in [1.29, 1.82) is 0 Å². The molecule has 1 amide bonds. The van der Waals surface area contributed by atoms with Gasteiger partial charge < -0.3 is 10.2 Å². The van der Waals surface area contributed by atoms with Gasteiger partial charge in [-0.05, 0) is 19.4 Å². The van der Waals surface area contributed by atoms with E-state index in [-0.39, 0.29) is 5.92 Å². The van der Waals surface area contributed by atoms with Crippen molar-refractivity contribution in [2.24, 2.45) is 5.92 Å². The number of amides is 1. The van der Waals surface area contributed by atoms with E-state index in [1.807, 2.05) is 16.6 Å². The molecule has 2 saturated heterocycles. The predicted molar refractivity (Wildman–Crippen MR) is 62.0 cm³/mol. The number of nitrogens with zero attached hydrogens (tertiary/aromatic N) is 2. The van der Waals surface area contributed by atoms with Crippen LogP contribution in [-0.4, -0.2) is 34.9 Å². The largest absolute Gasteiger partial charge is 0.336 e. The highest BCUT2D eigenvalue weighted by Gasteiger charge is 2.41. The number of thiazole rings is 1. The third kappa shape index (κ3) is 1.74. The van der Waals surface area contributed by atoms with Crippen LogP contribution in [0, 0.1) is 5.92 Å². The molecule has 86 valence electrons. The molecule has 2 aliphatic rings. The van der Waals surface area contributed by atoms with E-state index in [2.05, 4.69) is 10.3 Å². The van der Waals surface area contributed by atoms with Crippen LogP contribution >= 0.6 is 11.3 Å². The normalized spacial score (nSPS) is 29.5. The van der Waals surface area contributed by atoms with Crippen LogP contribution in [0.5, 0.6) is 0 Å². The van der Waals surface area contributed by atoms with Crippen molar-refractivity contribution in [3.8, 4) is 0 Å². The van der Waals surface area contributed by atoms with Crippen LogP contribution in [0.3, 0.4) is 0 Å². The molecule has 2 unspecified atom stereocenters. The Balaban J connectivity index is 1.71. The summed E-state index contributed by atoms with van der Waals surface area (Å²) < 4.78 is 0. The summed E-state index contributed by atoms with van der Waals surface area (Å²) in [5, 5.41) is 3.45. The van der Waals surface area contributed by atoms with Gasteiger partial charge in [0.2, 0.25) is 5.91 Å². The molecule has 1 aromatic heterocycles. The zero-order chi connectivity index (χ0) is 11.0. The van der Waals surface area contributed by atoms with Crippen LogP contribution in [0.25, 0.3) is 0 Å². The zero-order valence-electron chi connectivity index (χ0n) is 9.06. The highest BCUT2D eigenvalue weighted by molar-refractivity contribution is 7.09. The van der Waals surface area contributed by atoms with E-state index in [0.29, 0.717) is 11.9 Å². The number of likely N-dealkylation sites (tertiary alicyclic amines) is 1. The first-order chi connectivity index (χ1) is 7.84. The Morgan fingerprint density at radius 1 is 1.62 bits per heavy atom. The highest BCUT2D eigenvalue weighted by atomic mass is 32.1. The summed E-state index contributed by atoms with van der Waals surface area (Å²) in [5.41, 5.74) is 1.82. The van der Waals surface area contributed by atoms with Gasteiger partial charge in [0.25, 0.3) is 0 Å². The monoisotopic (exact) mass is 237 g/mol. The lowest BCUT2D eigenvalue weighted by atomic mass is 9.94. The van der Waals surface area contributed by atoms with Gasteiger partial charge in [0.05, 0.1) is 18.0 Å². The van der Waals surface area contributed by atoms with Gasteiger partial charge in [0.1, 0.15) is 0 Å². The Hall–Kier alpha value is -0.940. The van der Waals surface area contributed by atoms with E-state index in [9.17, 15) is 4.79 Å². The lowest BCUT2D eigenvalue weighted by Gasteiger charge is -2.23. The van der Waals surface area contributed by atoms with Crippen molar-refractivity contribution in [2.75, 3.05) is 13.1 Å². The smallest absolute Gasteiger partial charge is 0.227 e. The van der Waals surface area contributed by atoms with Gasteiger partial charge in [-0.2, -0.15) is 0 Å². The van der Waals surface area contributed by atoms with Gasteiger partial charge in [0, 0.05) is 23.7 Å². The fourth-order valence-electron chi connectivity index (χ4n) is 2.65. The maximum Gasteiger partial charge on any atom is 0.227 e. The van der Waals surface area contributed by atoms with E-state index >= 15 is 0 Å². The van der Waals surface area contributed by atoms with Crippen LogP contribution in [0.2, 0.25) is 0 Å². The molecule has 2 aliphatic heterocycles. The van der Waals surface area contributed by atoms with E-state index in [4.69, 9.17) is 0 Å². The molecule has 0 radical (unpaired) electrons. The van der Waals surface area contributed by atoms with Crippen LogP contribution in [0.15, 0.2) is 11.7 Å². The van der Waals surface area contributed by atoms with E-state index < -0.39 is 0 Å². The summed E-state index contributed by atoms with van der Waals surface area (Å²) in [5.74, 6) is 0.548. The van der Waals surface area contributed by atoms with Crippen molar-refractivity contribution in [2.45, 2.75) is 25.4 Å². The summed E-state index contributed by atoms with van der Waals surface area (Å²) in [4.78, 5) is 19.3. The molecular formula is C11H15N3OS. The molecule has 16 heavy (non-hydrogen) atoms. The lowest BCUT2D eigenvalue weighted by Crippen LogP contribution is -2.41. The molecule has 0 aromatic carbocycles. The second-order valence-corrected chi connectivity index (χ2v) is 5.47. The minimum atomic E-state index is 0.224. The standard InChI is InChI=1S/C11H15N3OS/c15-11-9-2-1-3-13-10(9)6-14(11)5-8-4-12-7-16-8/h4,7,9-10,13H,1-3,5-6H2. The molecule has 1 N–H and O–H groups in total. The Kier molecular flexibility index (Phi) is 2.65. The van der Waals surface area contributed by atoms with Gasteiger partial charge in [0.15, 0.2) is 0 Å². The number of aromatic nitrogens is 1. The molecule has 0 spiro atoms. The molecule has 0 saturated carbocycles. The van der Waals surface area contributed by atoms with Crippen molar-refractivity contribution in [3.63, 3.8) is 0 Å². The number of fused-ring (bicyclic) bond motifs is 1. The number of piperidine rings is 1. The van der Waals surface area contributed by atoms with Crippen LogP contribution in [-0.2, 0) is 11.3 Å². The first-order valence-corrected chi connectivity index (χ1v) is 6.62. The Morgan fingerprint density at radius 3 is 3.31 bits per heavy atom. The molecule has 3 heterocycles. The first kappa shape index (κ1) is 10.2. The summed E-state index contributed by atoms with van der Waals surface area (Å²) in [7, 11) is 0. The van der Waals surface area contributed by atoms with Gasteiger partial charge in [-0.25, -0.2) is 0 Å². The Bertz CT molecular complexity index is 379. The third-order valence-electron chi connectivity index (χ3n) is 3.46. The van der Waals surface area contributed by atoms with Crippen molar-refractivity contribution in [3.05, 3.63) is 16.6 Å². The second-order valence-electron chi connectivity index (χ2n) is 4.50. The molecule has 5 heteroatoms. The molecule has 4 nitrogen and oxygen atoms in total. The van der Waals surface area contributed by atoms with Crippen molar-refractivity contribution < 1.29 is 4.79 Å². The van der Waals surface area contributed by atoms with Gasteiger partial charge in [-0.3, -0.25) is 9.78 Å². The number of rotatable bonds is 2. The lowest BCUT2D eigenvalue weighted by molar-refractivity contribution is -0.131. The maximum atomic E-state index is 12.1. The Labute approximate surface area is 98.7 Å². The number of nitrogens with one attached hydrogen (secondary N) is 1. The molecular weight excluding hydrogens is 222 g/mol. The summed E-state index contributed by atoms with van der Waals surface area (Å²) in [6.07, 6.45) is 4.03. The predicted octanol–water partition coefficient (Wildman–Crippen LogP) is 0.853. The summed E-state index contributed by atoms with van der Waals surface area (Å²) in [6.45, 7) is 2.66. The quantitative estimate of drug-likeness (QED) is 0.829. The number of hydrogen-bond acceptors (Lipinski definition) is 4. The number of carbonyl (C=O) groups excluding carboxylic acids is 1. The van der Waals surface area contributed by atoms with E-state index in [1.165, 1.54) is 4.88 Å². The molecule has 2 atom stereocenters. The molecule has 1 aromatic rings. The topological polar surface area (TPSA) is 45.2 Å². The average Bonchev–Trinajstić information content (AvgIpc) is 2.90. The zero-order valence-corrected chi connectivity index (χ0v) is 9.87. The summed E-state index contributed by atoms with van der Waals surface area (Å²) in [6, 6.07) is 0.383. The highest BCUT2D eigenvalue weighted by Crippen LogP contribution is 2.27. The third-order valence-corrected chi connectivity index (χ3v) is 4.22. The molecule has 2 fully saturated rings. The average molecular weight is 237 g/mol. The van der Waals surface area contributed by atoms with E-state index in [1.54, 1.807) is 11.3 Å². The second kappa shape index (κ2) is 4.14. The fourth-order valence-corrected chi connectivity index (χ4v) is 3.26. The van der Waals surface area contributed by atoms with Gasteiger partial charge >= 0.3 is 0 Å². The first-order valence-electron chi connectivity index (χ1n) is 5.74.